The molecule has 0 bridgehead atoms. The van der Waals surface area contributed by atoms with E-state index < -0.39 is 0 Å². The van der Waals surface area contributed by atoms with Gasteiger partial charge >= 0.3 is 0 Å². The van der Waals surface area contributed by atoms with E-state index in [4.69, 9.17) is 0 Å². The highest BCUT2D eigenvalue weighted by Crippen LogP contribution is 2.48. The van der Waals surface area contributed by atoms with E-state index in [2.05, 4.69) is 69.2 Å². The van der Waals surface area contributed by atoms with E-state index in [0.29, 0.717) is 5.41 Å². The Balaban J connectivity index is 5.93. The normalized spacial score (nSPS) is 13.2. The highest BCUT2D eigenvalue weighted by Gasteiger charge is 2.39. The minimum atomic E-state index is 0.431. The third-order valence-electron chi connectivity index (χ3n) is 8.03. The molecule has 182 valence electrons. The topological polar surface area (TPSA) is 0 Å². The van der Waals surface area contributed by atoms with Gasteiger partial charge in [0, 0.05) is 0 Å². The summed E-state index contributed by atoms with van der Waals surface area (Å²) in [7, 11) is 0. The van der Waals surface area contributed by atoms with Gasteiger partial charge in [-0.2, -0.15) is 0 Å². The first-order chi connectivity index (χ1) is 14.2. The van der Waals surface area contributed by atoms with Gasteiger partial charge < -0.3 is 0 Å². The summed E-state index contributed by atoms with van der Waals surface area (Å²) in [5.41, 5.74) is 0.431. The Morgan fingerprint density at radius 1 is 0.533 bits per heavy atom. The summed E-state index contributed by atoms with van der Waals surface area (Å²) in [5, 5.41) is 0. The molecule has 0 heteroatoms. The molecule has 30 heavy (non-hydrogen) atoms. The largest absolute Gasteiger partial charge is 0.0654 e. The molecule has 0 amide bonds. The van der Waals surface area contributed by atoms with Gasteiger partial charge in [-0.15, -0.1) is 0 Å². The van der Waals surface area contributed by atoms with Gasteiger partial charge in [-0.25, -0.2) is 0 Å². The average molecular weight is 423 g/mol. The van der Waals surface area contributed by atoms with Crippen LogP contribution in [0.1, 0.15) is 153 Å². The first-order valence-electron chi connectivity index (χ1n) is 14.2. The Morgan fingerprint density at radius 3 is 1.07 bits per heavy atom. The highest BCUT2D eigenvalue weighted by molar-refractivity contribution is 4.89. The van der Waals surface area contributed by atoms with Crippen molar-refractivity contribution in [3.63, 3.8) is 0 Å². The lowest BCUT2D eigenvalue weighted by atomic mass is 9.59. The van der Waals surface area contributed by atoms with Crippen molar-refractivity contribution in [3.8, 4) is 0 Å². The molecule has 0 aromatic carbocycles. The summed E-state index contributed by atoms with van der Waals surface area (Å²) in [6.07, 6.45) is 18.5. The van der Waals surface area contributed by atoms with Gasteiger partial charge in [0.2, 0.25) is 0 Å². The first kappa shape index (κ1) is 30.0. The molecule has 0 saturated heterocycles. The van der Waals surface area contributed by atoms with Gasteiger partial charge in [0.1, 0.15) is 0 Å². The van der Waals surface area contributed by atoms with Crippen LogP contribution in [-0.4, -0.2) is 0 Å². The van der Waals surface area contributed by atoms with Crippen LogP contribution in [0.2, 0.25) is 0 Å². The molecule has 0 radical (unpaired) electrons. The lowest BCUT2D eigenvalue weighted by Gasteiger charge is -2.46. The van der Waals surface area contributed by atoms with Gasteiger partial charge in [0.15, 0.2) is 0 Å². The number of hydrogen-bond donors (Lipinski definition) is 0. The van der Waals surface area contributed by atoms with Crippen LogP contribution in [0.25, 0.3) is 0 Å². The molecule has 0 aliphatic heterocycles. The van der Waals surface area contributed by atoms with E-state index in [9.17, 15) is 0 Å². The third kappa shape index (κ3) is 11.0. The molecule has 0 fully saturated rings. The van der Waals surface area contributed by atoms with Crippen molar-refractivity contribution in [1.82, 2.24) is 0 Å². The Bertz CT molecular complexity index is 333. The highest BCUT2D eigenvalue weighted by atomic mass is 14.4. The van der Waals surface area contributed by atoms with Crippen molar-refractivity contribution in [3.05, 3.63) is 0 Å². The fourth-order valence-corrected chi connectivity index (χ4v) is 7.05. The molecule has 0 nitrogen and oxygen atoms in total. The molecule has 0 rings (SSSR count). The molecule has 0 heterocycles. The minimum absolute atomic E-state index is 0.431. The molecule has 0 N–H and O–H groups in total. The molecule has 0 unspecified atom stereocenters. The summed E-state index contributed by atoms with van der Waals surface area (Å²) in [6.45, 7) is 24.7. The second kappa shape index (κ2) is 16.6. The van der Waals surface area contributed by atoms with E-state index in [-0.39, 0.29) is 0 Å². The summed E-state index contributed by atoms with van der Waals surface area (Å²) >= 11 is 0. The zero-order valence-corrected chi connectivity index (χ0v) is 23.2. The van der Waals surface area contributed by atoms with Crippen LogP contribution in [0.5, 0.6) is 0 Å². The summed E-state index contributed by atoms with van der Waals surface area (Å²) < 4.78 is 0. The maximum Gasteiger partial charge on any atom is -0.0316 e. The van der Waals surface area contributed by atoms with Gasteiger partial charge in [-0.05, 0) is 47.3 Å². The molecular formula is C30H62. The zero-order valence-electron chi connectivity index (χ0n) is 23.2. The average Bonchev–Trinajstić information content (AvgIpc) is 2.66. The van der Waals surface area contributed by atoms with Crippen molar-refractivity contribution in [2.45, 2.75) is 153 Å². The molecule has 0 aromatic heterocycles. The van der Waals surface area contributed by atoms with E-state index in [1.54, 1.807) is 0 Å². The summed E-state index contributed by atoms with van der Waals surface area (Å²) in [4.78, 5) is 0. The quantitative estimate of drug-likeness (QED) is 0.194. The van der Waals surface area contributed by atoms with Gasteiger partial charge in [0.05, 0.1) is 0 Å². The van der Waals surface area contributed by atoms with Crippen molar-refractivity contribution < 1.29 is 0 Å². The van der Waals surface area contributed by atoms with Crippen molar-refractivity contribution >= 4 is 0 Å². The Labute approximate surface area is 193 Å². The standard InChI is InChI=1S/C30H62/c1-11-15-19-26(20-16-12-2)28(27(21-17-13-3)22-18-14-4)23-30(9,10)29(24(5)6)25(7)8/h24-29H,11-23H2,1-10H3. The van der Waals surface area contributed by atoms with Crippen molar-refractivity contribution in [1.29, 1.82) is 0 Å². The van der Waals surface area contributed by atoms with Gasteiger partial charge in [-0.1, -0.05) is 146 Å². The number of rotatable bonds is 19. The maximum absolute atomic E-state index is 2.62. The molecule has 0 atom stereocenters. The Morgan fingerprint density at radius 2 is 0.833 bits per heavy atom. The molecule has 0 saturated carbocycles. The second-order valence-electron chi connectivity index (χ2n) is 12.0. The number of hydrogen-bond acceptors (Lipinski definition) is 0. The van der Waals surface area contributed by atoms with Crippen molar-refractivity contribution in [2.24, 2.45) is 40.9 Å². The maximum atomic E-state index is 2.62. The van der Waals surface area contributed by atoms with Crippen LogP contribution in [0, 0.1) is 40.9 Å². The van der Waals surface area contributed by atoms with Gasteiger partial charge in [-0.3, -0.25) is 0 Å². The minimum Gasteiger partial charge on any atom is -0.0654 e. The fraction of sp³-hybridized carbons (Fsp3) is 1.00. The van der Waals surface area contributed by atoms with E-state index in [0.717, 1.165) is 35.5 Å². The summed E-state index contributed by atoms with van der Waals surface area (Å²) in [5.74, 6) is 5.18. The molecule has 0 spiro atoms. The summed E-state index contributed by atoms with van der Waals surface area (Å²) in [6, 6.07) is 0. The molecular weight excluding hydrogens is 360 g/mol. The smallest absolute Gasteiger partial charge is 0.0316 e. The Hall–Kier alpha value is 0. The van der Waals surface area contributed by atoms with Crippen LogP contribution in [0.3, 0.4) is 0 Å². The van der Waals surface area contributed by atoms with Crippen LogP contribution in [0.4, 0.5) is 0 Å². The fourth-order valence-electron chi connectivity index (χ4n) is 7.05. The van der Waals surface area contributed by atoms with E-state index >= 15 is 0 Å². The van der Waals surface area contributed by atoms with Crippen LogP contribution in [0.15, 0.2) is 0 Å². The van der Waals surface area contributed by atoms with Gasteiger partial charge in [0.25, 0.3) is 0 Å². The van der Waals surface area contributed by atoms with Crippen LogP contribution < -0.4 is 0 Å². The monoisotopic (exact) mass is 422 g/mol. The third-order valence-corrected chi connectivity index (χ3v) is 8.03. The number of unbranched alkanes of at least 4 members (excludes halogenated alkanes) is 4. The molecule has 0 aromatic rings. The molecule has 0 aliphatic carbocycles. The van der Waals surface area contributed by atoms with E-state index in [1.165, 1.54) is 83.5 Å². The molecule has 0 aliphatic rings. The first-order valence-corrected chi connectivity index (χ1v) is 14.2. The van der Waals surface area contributed by atoms with Crippen LogP contribution in [-0.2, 0) is 0 Å². The lowest BCUT2D eigenvalue weighted by molar-refractivity contribution is 0.0369. The van der Waals surface area contributed by atoms with Crippen molar-refractivity contribution in [2.75, 3.05) is 0 Å². The predicted molar refractivity (Wildman–Crippen MR) is 140 cm³/mol. The second-order valence-corrected chi connectivity index (χ2v) is 12.0. The SMILES string of the molecule is CCCCC(CCCC)C(CC(C)(C)C(C(C)C)C(C)C)C(CCCC)CCCC. The Kier molecular flexibility index (Phi) is 16.6. The van der Waals surface area contributed by atoms with E-state index in [1.807, 2.05) is 0 Å². The predicted octanol–water partition coefficient (Wildman–Crippen LogP) is 10.9. The van der Waals surface area contributed by atoms with Crippen LogP contribution >= 0.6 is 0 Å². The lowest BCUT2D eigenvalue weighted by Crippen LogP contribution is -2.38. The zero-order chi connectivity index (χ0) is 23.2.